The zero-order valence-electron chi connectivity index (χ0n) is 11.7. The molecule has 7 nitrogen and oxygen atoms in total. The van der Waals surface area contributed by atoms with Crippen LogP contribution in [0.5, 0.6) is 0 Å². The smallest absolute Gasteiger partial charge is 0.239 e. The molecule has 0 bridgehead atoms. The number of nitrogens with zero attached hydrogens (tertiary/aromatic N) is 4. The number of primary amides is 1. The van der Waals surface area contributed by atoms with E-state index >= 15 is 0 Å². The summed E-state index contributed by atoms with van der Waals surface area (Å²) < 4.78 is 1.46. The van der Waals surface area contributed by atoms with Gasteiger partial charge in [0.1, 0.15) is 12.4 Å². The normalized spacial score (nSPS) is 10.4. The van der Waals surface area contributed by atoms with Crippen LogP contribution in [0.2, 0.25) is 0 Å². The van der Waals surface area contributed by atoms with E-state index in [-0.39, 0.29) is 6.54 Å². The summed E-state index contributed by atoms with van der Waals surface area (Å²) in [5.74, 6) is 0.839. The van der Waals surface area contributed by atoms with Gasteiger partial charge in [-0.05, 0) is 6.07 Å². The molecule has 3 aromatic rings. The highest BCUT2D eigenvalue weighted by Crippen LogP contribution is 2.18. The Balaban J connectivity index is 1.78. The maximum atomic E-state index is 10.9. The molecular weight excluding hydrogens is 280 g/mol. The third-order valence-electron chi connectivity index (χ3n) is 2.91. The summed E-state index contributed by atoms with van der Waals surface area (Å²) in [5, 5.41) is 7.16. The minimum absolute atomic E-state index is 0.0424. The second kappa shape index (κ2) is 6.04. The molecule has 0 aliphatic heterocycles. The molecule has 7 heteroatoms. The Morgan fingerprint density at radius 3 is 2.82 bits per heavy atom. The van der Waals surface area contributed by atoms with Crippen molar-refractivity contribution in [3.63, 3.8) is 0 Å². The lowest BCUT2D eigenvalue weighted by atomic mass is 10.2. The van der Waals surface area contributed by atoms with Crippen molar-refractivity contribution >= 4 is 17.4 Å². The number of hydrogen-bond acceptors (Lipinski definition) is 5. The van der Waals surface area contributed by atoms with Crippen LogP contribution in [0.1, 0.15) is 0 Å². The zero-order chi connectivity index (χ0) is 15.4. The third kappa shape index (κ3) is 3.26. The van der Waals surface area contributed by atoms with Crippen LogP contribution >= 0.6 is 0 Å². The van der Waals surface area contributed by atoms with Crippen molar-refractivity contribution < 1.29 is 4.79 Å². The quantitative estimate of drug-likeness (QED) is 0.744. The number of anilines is 2. The Morgan fingerprint density at radius 2 is 2.05 bits per heavy atom. The maximum absolute atomic E-state index is 10.9. The predicted molar refractivity (Wildman–Crippen MR) is 82.2 cm³/mol. The van der Waals surface area contributed by atoms with E-state index in [0.29, 0.717) is 11.6 Å². The Kier molecular flexibility index (Phi) is 3.78. The van der Waals surface area contributed by atoms with E-state index in [1.807, 2.05) is 30.3 Å². The molecule has 0 unspecified atom stereocenters. The second-order valence-electron chi connectivity index (χ2n) is 4.65. The molecule has 3 N–H and O–H groups in total. The fourth-order valence-corrected chi connectivity index (χ4v) is 1.98. The lowest BCUT2D eigenvalue weighted by molar-refractivity contribution is -0.118. The first kappa shape index (κ1) is 13.7. The first-order valence-corrected chi connectivity index (χ1v) is 6.67. The van der Waals surface area contributed by atoms with Crippen molar-refractivity contribution in [2.75, 3.05) is 5.32 Å². The van der Waals surface area contributed by atoms with Crippen molar-refractivity contribution in [1.29, 1.82) is 0 Å². The minimum Gasteiger partial charge on any atom is -0.368 e. The third-order valence-corrected chi connectivity index (χ3v) is 2.91. The number of nitrogens with two attached hydrogens (primary N) is 1. The number of amides is 1. The summed E-state index contributed by atoms with van der Waals surface area (Å²) in [6, 6.07) is 11.5. The molecule has 22 heavy (non-hydrogen) atoms. The van der Waals surface area contributed by atoms with Gasteiger partial charge in [0.25, 0.3) is 0 Å². The summed E-state index contributed by atoms with van der Waals surface area (Å²) in [5.41, 5.74) is 6.79. The number of aromatic nitrogens is 4. The summed E-state index contributed by atoms with van der Waals surface area (Å²) in [6.45, 7) is 0.0424. The number of carbonyl (C=O) groups excluding carboxylic acids is 1. The molecule has 3 rings (SSSR count). The van der Waals surface area contributed by atoms with Crippen LogP contribution in [0.3, 0.4) is 0 Å². The Labute approximate surface area is 126 Å². The first-order valence-electron chi connectivity index (χ1n) is 6.67. The van der Waals surface area contributed by atoms with Crippen molar-refractivity contribution in [2.24, 2.45) is 5.73 Å². The van der Waals surface area contributed by atoms with E-state index in [1.54, 1.807) is 24.7 Å². The molecule has 0 radical (unpaired) electrons. The highest BCUT2D eigenvalue weighted by Gasteiger charge is 2.05. The van der Waals surface area contributed by atoms with Gasteiger partial charge in [-0.3, -0.25) is 9.48 Å². The molecule has 0 saturated heterocycles. The molecule has 0 aliphatic carbocycles. The molecule has 1 aromatic carbocycles. The molecule has 0 aliphatic rings. The molecule has 0 fully saturated rings. The number of carbonyl (C=O) groups is 1. The van der Waals surface area contributed by atoms with Gasteiger partial charge < -0.3 is 11.1 Å². The van der Waals surface area contributed by atoms with Gasteiger partial charge in [0.05, 0.1) is 11.9 Å². The molecule has 0 spiro atoms. The molecule has 0 atom stereocenters. The van der Waals surface area contributed by atoms with Gasteiger partial charge in [-0.1, -0.05) is 30.3 Å². The highest BCUT2D eigenvalue weighted by molar-refractivity contribution is 5.73. The van der Waals surface area contributed by atoms with E-state index in [2.05, 4.69) is 20.4 Å². The Bertz CT molecular complexity index is 783. The lowest BCUT2D eigenvalue weighted by Crippen LogP contribution is -2.18. The maximum Gasteiger partial charge on any atom is 0.239 e. The monoisotopic (exact) mass is 294 g/mol. The predicted octanol–water partition coefficient (Wildman–Crippen LogP) is 1.57. The van der Waals surface area contributed by atoms with E-state index in [0.717, 1.165) is 11.3 Å². The van der Waals surface area contributed by atoms with Crippen molar-refractivity contribution in [3.8, 4) is 11.4 Å². The summed E-state index contributed by atoms with van der Waals surface area (Å²) >= 11 is 0. The van der Waals surface area contributed by atoms with Crippen LogP contribution in [0.15, 0.2) is 55.0 Å². The highest BCUT2D eigenvalue weighted by atomic mass is 16.1. The van der Waals surface area contributed by atoms with E-state index in [9.17, 15) is 4.79 Å². The van der Waals surface area contributed by atoms with Crippen LogP contribution in [-0.4, -0.2) is 25.7 Å². The van der Waals surface area contributed by atoms with Gasteiger partial charge in [0.2, 0.25) is 5.91 Å². The van der Waals surface area contributed by atoms with E-state index in [1.165, 1.54) is 4.68 Å². The average molecular weight is 294 g/mol. The van der Waals surface area contributed by atoms with Gasteiger partial charge in [-0.2, -0.15) is 5.10 Å². The van der Waals surface area contributed by atoms with Gasteiger partial charge in [-0.15, -0.1) is 0 Å². The van der Waals surface area contributed by atoms with Crippen LogP contribution in [0.4, 0.5) is 11.5 Å². The second-order valence-corrected chi connectivity index (χ2v) is 4.65. The molecule has 0 saturated carbocycles. The van der Waals surface area contributed by atoms with Crippen LogP contribution in [0, 0.1) is 0 Å². The lowest BCUT2D eigenvalue weighted by Gasteiger charge is -2.04. The molecular formula is C15H14N6O. The van der Waals surface area contributed by atoms with Crippen LogP contribution in [0.25, 0.3) is 11.4 Å². The zero-order valence-corrected chi connectivity index (χ0v) is 11.7. The summed E-state index contributed by atoms with van der Waals surface area (Å²) in [6.07, 6.45) is 4.98. The number of hydrogen-bond donors (Lipinski definition) is 2. The van der Waals surface area contributed by atoms with Crippen molar-refractivity contribution in [3.05, 3.63) is 55.0 Å². The fraction of sp³-hybridized carbons (Fsp3) is 0.0667. The first-order chi connectivity index (χ1) is 10.7. The fourth-order valence-electron chi connectivity index (χ4n) is 1.98. The Morgan fingerprint density at radius 1 is 1.23 bits per heavy atom. The molecule has 2 heterocycles. The van der Waals surface area contributed by atoms with Crippen LogP contribution < -0.4 is 11.1 Å². The summed E-state index contributed by atoms with van der Waals surface area (Å²) in [4.78, 5) is 19.6. The molecule has 2 aromatic heterocycles. The molecule has 110 valence electrons. The largest absolute Gasteiger partial charge is 0.368 e. The van der Waals surface area contributed by atoms with Gasteiger partial charge in [0, 0.05) is 18.0 Å². The number of nitrogens with one attached hydrogen (secondary N) is 1. The van der Waals surface area contributed by atoms with Gasteiger partial charge in [0.15, 0.2) is 5.82 Å². The summed E-state index contributed by atoms with van der Waals surface area (Å²) in [7, 11) is 0. The van der Waals surface area contributed by atoms with Crippen molar-refractivity contribution in [1.82, 2.24) is 19.7 Å². The van der Waals surface area contributed by atoms with Crippen molar-refractivity contribution in [2.45, 2.75) is 6.54 Å². The van der Waals surface area contributed by atoms with Crippen LogP contribution in [-0.2, 0) is 11.3 Å². The SMILES string of the molecule is NC(=O)Cn1cc(Nc2ccnc(-c3ccccc3)n2)cn1. The molecule has 1 amide bonds. The number of rotatable bonds is 5. The number of benzene rings is 1. The standard InChI is InChI=1S/C15H14N6O/c16-13(22)10-21-9-12(8-18-21)19-14-6-7-17-15(20-14)11-4-2-1-3-5-11/h1-9H,10H2,(H2,16,22)(H,17,19,20). The average Bonchev–Trinajstić information content (AvgIpc) is 2.94. The Hall–Kier alpha value is -3.22. The van der Waals surface area contributed by atoms with Gasteiger partial charge >= 0.3 is 0 Å². The minimum atomic E-state index is -0.442. The van der Waals surface area contributed by atoms with E-state index < -0.39 is 5.91 Å². The van der Waals surface area contributed by atoms with Gasteiger partial charge in [-0.25, -0.2) is 9.97 Å². The topological polar surface area (TPSA) is 98.7 Å². The van der Waals surface area contributed by atoms with E-state index in [4.69, 9.17) is 5.73 Å².